The second kappa shape index (κ2) is 6.74. The van der Waals surface area contributed by atoms with Crippen LogP contribution < -0.4 is 5.32 Å². The number of nitrogens with one attached hydrogen (secondary N) is 1. The molecule has 1 unspecified atom stereocenters. The van der Waals surface area contributed by atoms with Gasteiger partial charge in [0.15, 0.2) is 0 Å². The van der Waals surface area contributed by atoms with Crippen LogP contribution in [0.1, 0.15) is 42.2 Å². The van der Waals surface area contributed by atoms with E-state index >= 15 is 0 Å². The van der Waals surface area contributed by atoms with E-state index in [9.17, 15) is 0 Å². The molecule has 1 aromatic heterocycles. The molecule has 2 nitrogen and oxygen atoms in total. The van der Waals surface area contributed by atoms with Gasteiger partial charge in [-0.2, -0.15) is 0 Å². The maximum Gasteiger partial charge on any atom is 0.0934 e. The van der Waals surface area contributed by atoms with Crippen molar-refractivity contribution in [3.05, 3.63) is 20.8 Å². The summed E-state index contributed by atoms with van der Waals surface area (Å²) in [6.07, 6.45) is 6.06. The third-order valence-corrected chi connectivity index (χ3v) is 4.60. The summed E-state index contributed by atoms with van der Waals surface area (Å²) in [5, 5.41) is 3.64. The van der Waals surface area contributed by atoms with Gasteiger partial charge in [-0.1, -0.05) is 11.6 Å². The first-order valence-corrected chi connectivity index (χ1v) is 7.51. The van der Waals surface area contributed by atoms with E-state index < -0.39 is 0 Å². The van der Waals surface area contributed by atoms with Crippen molar-refractivity contribution in [3.8, 4) is 0 Å². The highest BCUT2D eigenvalue weighted by molar-refractivity contribution is 7.16. The third kappa shape index (κ3) is 3.68. The molecule has 17 heavy (non-hydrogen) atoms. The zero-order valence-electron chi connectivity index (χ0n) is 10.3. The zero-order valence-corrected chi connectivity index (χ0v) is 11.9. The van der Waals surface area contributed by atoms with Crippen LogP contribution in [0.5, 0.6) is 0 Å². The molecule has 0 amide bonds. The summed E-state index contributed by atoms with van der Waals surface area (Å²) in [5.74, 6) is 0. The minimum absolute atomic E-state index is 0.538. The van der Waals surface area contributed by atoms with Gasteiger partial charge in [-0.15, -0.1) is 11.3 Å². The Morgan fingerprint density at radius 3 is 3.18 bits per heavy atom. The average Bonchev–Trinajstić information content (AvgIpc) is 2.83. The van der Waals surface area contributed by atoms with Crippen molar-refractivity contribution in [1.29, 1.82) is 0 Å². The van der Waals surface area contributed by atoms with E-state index in [-0.39, 0.29) is 0 Å². The van der Waals surface area contributed by atoms with E-state index in [1.165, 1.54) is 42.5 Å². The number of aryl methyl sites for hydroxylation is 1. The van der Waals surface area contributed by atoms with Crippen molar-refractivity contribution in [2.45, 2.75) is 38.1 Å². The van der Waals surface area contributed by atoms with Gasteiger partial charge in [0.2, 0.25) is 0 Å². The Bertz CT molecular complexity index is 353. The Morgan fingerprint density at radius 1 is 1.47 bits per heavy atom. The Kier molecular flexibility index (Phi) is 5.29. The second-order valence-electron chi connectivity index (χ2n) is 4.53. The smallest absolute Gasteiger partial charge is 0.0934 e. The van der Waals surface area contributed by atoms with E-state index in [2.05, 4.69) is 11.4 Å². The Hall–Kier alpha value is -0.0900. The highest BCUT2D eigenvalue weighted by Crippen LogP contribution is 2.39. The normalized spacial score (nSPS) is 18.6. The Balaban J connectivity index is 1.67. The number of methoxy groups -OCH3 is 1. The quantitative estimate of drug-likeness (QED) is 0.763. The van der Waals surface area contributed by atoms with Crippen LogP contribution in [0.4, 0.5) is 0 Å². The van der Waals surface area contributed by atoms with Gasteiger partial charge in [0.25, 0.3) is 0 Å². The first-order chi connectivity index (χ1) is 8.31. The van der Waals surface area contributed by atoms with Gasteiger partial charge in [-0.05, 0) is 50.3 Å². The predicted octanol–water partition coefficient (Wildman–Crippen LogP) is 3.80. The molecular weight excluding hydrogens is 254 g/mol. The maximum atomic E-state index is 6.04. The van der Waals surface area contributed by atoms with Gasteiger partial charge in [-0.25, -0.2) is 0 Å². The van der Waals surface area contributed by atoms with Crippen molar-refractivity contribution in [3.63, 3.8) is 0 Å². The predicted molar refractivity (Wildman–Crippen MR) is 74.1 cm³/mol. The molecule has 1 aromatic rings. The lowest BCUT2D eigenvalue weighted by atomic mass is 10.1. The number of unbranched alkanes of at least 4 members (excludes halogenated alkanes) is 2. The summed E-state index contributed by atoms with van der Waals surface area (Å²) >= 11 is 7.78. The number of halogens is 1. The lowest BCUT2D eigenvalue weighted by Crippen LogP contribution is -2.20. The number of hydrogen-bond donors (Lipinski definition) is 1. The molecule has 1 N–H and O–H groups in total. The fourth-order valence-electron chi connectivity index (χ4n) is 2.37. The molecular formula is C13H20ClNOS. The highest BCUT2D eigenvalue weighted by atomic mass is 35.5. The molecule has 1 aliphatic rings. The SMILES string of the molecule is COCCCCCNC1CCc2sc(Cl)cc21. The minimum atomic E-state index is 0.538. The summed E-state index contributed by atoms with van der Waals surface area (Å²) in [4.78, 5) is 1.48. The molecule has 2 rings (SSSR count). The van der Waals surface area contributed by atoms with E-state index in [1.54, 1.807) is 18.4 Å². The first-order valence-electron chi connectivity index (χ1n) is 6.31. The van der Waals surface area contributed by atoms with E-state index in [0.29, 0.717) is 6.04 Å². The van der Waals surface area contributed by atoms with Crippen LogP contribution in [-0.4, -0.2) is 20.3 Å². The summed E-state index contributed by atoms with van der Waals surface area (Å²) in [7, 11) is 1.76. The van der Waals surface area contributed by atoms with Gasteiger partial charge < -0.3 is 10.1 Å². The van der Waals surface area contributed by atoms with Crippen LogP contribution in [0.2, 0.25) is 4.34 Å². The van der Waals surface area contributed by atoms with Gasteiger partial charge in [0, 0.05) is 24.6 Å². The topological polar surface area (TPSA) is 21.3 Å². The van der Waals surface area contributed by atoms with Crippen LogP contribution in [0, 0.1) is 0 Å². The largest absolute Gasteiger partial charge is 0.385 e. The standard InChI is InChI=1S/C13H20ClNOS/c1-16-8-4-2-3-7-15-11-5-6-12-10(11)9-13(14)17-12/h9,11,15H,2-8H2,1H3. The monoisotopic (exact) mass is 273 g/mol. The molecule has 0 spiro atoms. The summed E-state index contributed by atoms with van der Waals surface area (Å²) in [5.41, 5.74) is 1.44. The fraction of sp³-hybridized carbons (Fsp3) is 0.692. The number of hydrogen-bond acceptors (Lipinski definition) is 3. The van der Waals surface area contributed by atoms with E-state index in [1.807, 2.05) is 0 Å². The van der Waals surface area contributed by atoms with E-state index in [4.69, 9.17) is 16.3 Å². The van der Waals surface area contributed by atoms with Gasteiger partial charge in [0.05, 0.1) is 4.34 Å². The molecule has 1 atom stereocenters. The van der Waals surface area contributed by atoms with Gasteiger partial charge in [-0.3, -0.25) is 0 Å². The summed E-state index contributed by atoms with van der Waals surface area (Å²) < 4.78 is 5.97. The van der Waals surface area contributed by atoms with Crippen LogP contribution in [0.3, 0.4) is 0 Å². The van der Waals surface area contributed by atoms with Crippen molar-refractivity contribution in [2.24, 2.45) is 0 Å². The van der Waals surface area contributed by atoms with Crippen LogP contribution in [0.15, 0.2) is 6.07 Å². The van der Waals surface area contributed by atoms with E-state index in [0.717, 1.165) is 17.5 Å². The van der Waals surface area contributed by atoms with Crippen molar-refractivity contribution in [2.75, 3.05) is 20.3 Å². The molecule has 96 valence electrons. The Labute approximate surface area is 112 Å². The molecule has 1 aliphatic carbocycles. The summed E-state index contributed by atoms with van der Waals surface area (Å²) in [6, 6.07) is 2.67. The van der Waals surface area contributed by atoms with Crippen molar-refractivity contribution >= 4 is 22.9 Å². The van der Waals surface area contributed by atoms with Crippen LogP contribution in [-0.2, 0) is 11.2 Å². The lowest BCUT2D eigenvalue weighted by Gasteiger charge is -2.12. The fourth-order valence-corrected chi connectivity index (χ4v) is 3.72. The number of rotatable bonds is 7. The molecule has 0 radical (unpaired) electrons. The van der Waals surface area contributed by atoms with Gasteiger partial charge in [0.1, 0.15) is 0 Å². The average molecular weight is 274 g/mol. The zero-order chi connectivity index (χ0) is 12.1. The highest BCUT2D eigenvalue weighted by Gasteiger charge is 2.24. The number of ether oxygens (including phenoxy) is 1. The maximum absolute atomic E-state index is 6.04. The molecule has 0 saturated heterocycles. The molecule has 0 aliphatic heterocycles. The molecule has 0 aromatic carbocycles. The minimum Gasteiger partial charge on any atom is -0.385 e. The molecule has 0 fully saturated rings. The number of thiophene rings is 1. The van der Waals surface area contributed by atoms with Crippen molar-refractivity contribution < 1.29 is 4.74 Å². The number of fused-ring (bicyclic) bond motifs is 1. The third-order valence-electron chi connectivity index (χ3n) is 3.26. The molecule has 1 heterocycles. The van der Waals surface area contributed by atoms with Crippen LogP contribution in [0.25, 0.3) is 0 Å². The molecule has 0 saturated carbocycles. The van der Waals surface area contributed by atoms with Gasteiger partial charge >= 0.3 is 0 Å². The molecule has 0 bridgehead atoms. The Morgan fingerprint density at radius 2 is 2.35 bits per heavy atom. The molecule has 4 heteroatoms. The van der Waals surface area contributed by atoms with Crippen LogP contribution >= 0.6 is 22.9 Å². The summed E-state index contributed by atoms with van der Waals surface area (Å²) in [6.45, 7) is 1.98. The second-order valence-corrected chi connectivity index (χ2v) is 6.30. The lowest BCUT2D eigenvalue weighted by molar-refractivity contribution is 0.192. The first kappa shape index (κ1) is 13.3. The van der Waals surface area contributed by atoms with Crippen molar-refractivity contribution in [1.82, 2.24) is 5.32 Å².